The lowest BCUT2D eigenvalue weighted by atomic mass is 10.1. The van der Waals surface area contributed by atoms with Gasteiger partial charge in [-0.05, 0) is 6.42 Å². The molecule has 0 fully saturated rings. The van der Waals surface area contributed by atoms with E-state index in [0.717, 1.165) is 18.9 Å². The van der Waals surface area contributed by atoms with E-state index in [1.807, 2.05) is 6.92 Å². The standard InChI is InChI=1S/C9H16O3/c1-3-5-8(6-7-10)12-9(11)4-2/h4,8,10H,2-3,5-7H2,1H3. The number of esters is 1. The molecule has 0 spiro atoms. The number of ether oxygens (including phenoxy) is 1. The number of hydrogen-bond donors (Lipinski definition) is 1. The van der Waals surface area contributed by atoms with Crippen LogP contribution in [0.1, 0.15) is 26.2 Å². The highest BCUT2D eigenvalue weighted by atomic mass is 16.5. The average molecular weight is 172 g/mol. The van der Waals surface area contributed by atoms with Gasteiger partial charge in [0, 0.05) is 19.1 Å². The fourth-order valence-electron chi connectivity index (χ4n) is 0.941. The number of carbonyl (C=O) groups is 1. The summed E-state index contributed by atoms with van der Waals surface area (Å²) in [6.45, 7) is 5.35. The molecule has 0 saturated heterocycles. The topological polar surface area (TPSA) is 46.5 Å². The van der Waals surface area contributed by atoms with E-state index in [-0.39, 0.29) is 12.7 Å². The molecule has 0 rings (SSSR count). The molecule has 0 radical (unpaired) electrons. The normalized spacial score (nSPS) is 12.2. The van der Waals surface area contributed by atoms with Crippen molar-refractivity contribution in [1.82, 2.24) is 0 Å². The summed E-state index contributed by atoms with van der Waals surface area (Å²) < 4.78 is 4.96. The molecule has 1 unspecified atom stereocenters. The fraction of sp³-hybridized carbons (Fsp3) is 0.667. The van der Waals surface area contributed by atoms with Crippen molar-refractivity contribution >= 4 is 5.97 Å². The van der Waals surface area contributed by atoms with Gasteiger partial charge >= 0.3 is 5.97 Å². The van der Waals surface area contributed by atoms with Gasteiger partial charge in [-0.25, -0.2) is 4.79 Å². The van der Waals surface area contributed by atoms with E-state index in [0.29, 0.717) is 6.42 Å². The van der Waals surface area contributed by atoms with E-state index in [2.05, 4.69) is 6.58 Å². The van der Waals surface area contributed by atoms with Crippen molar-refractivity contribution < 1.29 is 14.6 Å². The van der Waals surface area contributed by atoms with Crippen LogP contribution in [-0.4, -0.2) is 23.8 Å². The predicted octanol–water partition coefficient (Wildman–Crippen LogP) is 1.27. The number of hydrogen-bond acceptors (Lipinski definition) is 3. The van der Waals surface area contributed by atoms with E-state index in [1.54, 1.807) is 0 Å². The summed E-state index contributed by atoms with van der Waals surface area (Å²) >= 11 is 0. The van der Waals surface area contributed by atoms with E-state index in [4.69, 9.17) is 9.84 Å². The summed E-state index contributed by atoms with van der Waals surface area (Å²) in [5.41, 5.74) is 0. The smallest absolute Gasteiger partial charge is 0.330 e. The summed E-state index contributed by atoms with van der Waals surface area (Å²) in [6, 6.07) is 0. The summed E-state index contributed by atoms with van der Waals surface area (Å²) in [5.74, 6) is -0.415. The van der Waals surface area contributed by atoms with Crippen molar-refractivity contribution in [2.45, 2.75) is 32.3 Å². The van der Waals surface area contributed by atoms with Gasteiger partial charge in [0.2, 0.25) is 0 Å². The lowest BCUT2D eigenvalue weighted by Crippen LogP contribution is -2.17. The van der Waals surface area contributed by atoms with Crippen LogP contribution in [0.3, 0.4) is 0 Å². The zero-order valence-electron chi connectivity index (χ0n) is 7.45. The number of rotatable bonds is 6. The van der Waals surface area contributed by atoms with Gasteiger partial charge in [0.1, 0.15) is 6.10 Å². The molecule has 1 N–H and O–H groups in total. The van der Waals surface area contributed by atoms with Crippen molar-refractivity contribution in [3.05, 3.63) is 12.7 Å². The quantitative estimate of drug-likeness (QED) is 0.484. The minimum absolute atomic E-state index is 0.0507. The highest BCUT2D eigenvalue weighted by Crippen LogP contribution is 2.06. The molecular weight excluding hydrogens is 156 g/mol. The van der Waals surface area contributed by atoms with Gasteiger partial charge < -0.3 is 9.84 Å². The van der Waals surface area contributed by atoms with Gasteiger partial charge in [-0.3, -0.25) is 0 Å². The molecule has 0 aromatic heterocycles. The maximum atomic E-state index is 10.7. The molecule has 0 heterocycles. The molecule has 0 amide bonds. The second kappa shape index (κ2) is 6.85. The molecular formula is C9H16O3. The van der Waals surface area contributed by atoms with Crippen molar-refractivity contribution in [3.63, 3.8) is 0 Å². The highest BCUT2D eigenvalue weighted by molar-refractivity contribution is 5.81. The second-order valence-corrected chi connectivity index (χ2v) is 2.56. The second-order valence-electron chi connectivity index (χ2n) is 2.56. The molecule has 0 aromatic carbocycles. The molecule has 0 aliphatic rings. The summed E-state index contributed by atoms with van der Waals surface area (Å²) in [7, 11) is 0. The van der Waals surface area contributed by atoms with Crippen molar-refractivity contribution in [2.24, 2.45) is 0 Å². The minimum atomic E-state index is -0.415. The molecule has 3 heteroatoms. The van der Waals surface area contributed by atoms with Crippen LogP contribution in [0.5, 0.6) is 0 Å². The van der Waals surface area contributed by atoms with Gasteiger partial charge in [0.05, 0.1) is 0 Å². The minimum Gasteiger partial charge on any atom is -0.459 e. The maximum absolute atomic E-state index is 10.7. The Balaban J connectivity index is 3.76. The van der Waals surface area contributed by atoms with Crippen LogP contribution in [0.4, 0.5) is 0 Å². The molecule has 0 aromatic rings. The van der Waals surface area contributed by atoms with Gasteiger partial charge in [-0.2, -0.15) is 0 Å². The SMILES string of the molecule is C=CC(=O)OC(CCC)CCO. The van der Waals surface area contributed by atoms with Crippen LogP contribution in [0.15, 0.2) is 12.7 Å². The Morgan fingerprint density at radius 1 is 1.67 bits per heavy atom. The Hall–Kier alpha value is -0.830. The average Bonchev–Trinajstić information content (AvgIpc) is 2.05. The first-order valence-corrected chi connectivity index (χ1v) is 4.18. The van der Waals surface area contributed by atoms with E-state index in [1.165, 1.54) is 0 Å². The van der Waals surface area contributed by atoms with Gasteiger partial charge in [0.15, 0.2) is 0 Å². The first kappa shape index (κ1) is 11.2. The molecule has 0 aliphatic carbocycles. The third kappa shape index (κ3) is 4.91. The molecule has 3 nitrogen and oxygen atoms in total. The lowest BCUT2D eigenvalue weighted by molar-refractivity contribution is -0.143. The summed E-state index contributed by atoms with van der Waals surface area (Å²) in [5, 5.41) is 8.63. The Morgan fingerprint density at radius 2 is 2.33 bits per heavy atom. The Kier molecular flexibility index (Phi) is 6.38. The van der Waals surface area contributed by atoms with Gasteiger partial charge in [0.25, 0.3) is 0 Å². The number of aliphatic hydroxyl groups is 1. The summed E-state index contributed by atoms with van der Waals surface area (Å²) in [4.78, 5) is 10.7. The van der Waals surface area contributed by atoms with Crippen LogP contribution in [-0.2, 0) is 9.53 Å². The molecule has 12 heavy (non-hydrogen) atoms. The Morgan fingerprint density at radius 3 is 2.75 bits per heavy atom. The molecule has 0 bridgehead atoms. The first-order chi connectivity index (χ1) is 5.74. The summed E-state index contributed by atoms with van der Waals surface area (Å²) in [6.07, 6.45) is 3.22. The molecule has 1 atom stereocenters. The largest absolute Gasteiger partial charge is 0.459 e. The van der Waals surface area contributed by atoms with Crippen molar-refractivity contribution in [1.29, 1.82) is 0 Å². The number of carbonyl (C=O) groups excluding carboxylic acids is 1. The van der Waals surface area contributed by atoms with Crippen LogP contribution in [0.2, 0.25) is 0 Å². The van der Waals surface area contributed by atoms with Crippen molar-refractivity contribution in [2.75, 3.05) is 6.61 Å². The Bertz CT molecular complexity index is 137. The third-order valence-corrected chi connectivity index (χ3v) is 1.51. The highest BCUT2D eigenvalue weighted by Gasteiger charge is 2.10. The van der Waals surface area contributed by atoms with E-state index < -0.39 is 5.97 Å². The van der Waals surface area contributed by atoms with Crippen LogP contribution in [0, 0.1) is 0 Å². The fourth-order valence-corrected chi connectivity index (χ4v) is 0.941. The predicted molar refractivity (Wildman–Crippen MR) is 46.7 cm³/mol. The lowest BCUT2D eigenvalue weighted by Gasteiger charge is -2.14. The third-order valence-electron chi connectivity index (χ3n) is 1.51. The van der Waals surface area contributed by atoms with Crippen LogP contribution in [0.25, 0.3) is 0 Å². The van der Waals surface area contributed by atoms with Crippen LogP contribution >= 0.6 is 0 Å². The molecule has 0 aliphatic heterocycles. The maximum Gasteiger partial charge on any atom is 0.330 e. The molecule has 70 valence electrons. The monoisotopic (exact) mass is 172 g/mol. The van der Waals surface area contributed by atoms with Gasteiger partial charge in [-0.1, -0.05) is 19.9 Å². The van der Waals surface area contributed by atoms with Crippen molar-refractivity contribution in [3.8, 4) is 0 Å². The Labute approximate surface area is 73.0 Å². The van der Waals surface area contributed by atoms with E-state index >= 15 is 0 Å². The first-order valence-electron chi connectivity index (χ1n) is 4.18. The molecule has 0 saturated carbocycles. The van der Waals surface area contributed by atoms with Crippen LogP contribution < -0.4 is 0 Å². The number of aliphatic hydroxyl groups excluding tert-OH is 1. The van der Waals surface area contributed by atoms with Gasteiger partial charge in [-0.15, -0.1) is 0 Å². The van der Waals surface area contributed by atoms with E-state index in [9.17, 15) is 4.79 Å². The zero-order chi connectivity index (χ0) is 9.40. The zero-order valence-corrected chi connectivity index (χ0v) is 7.45.